The molecule has 48 heavy (non-hydrogen) atoms. The molecule has 0 unspecified atom stereocenters. The first-order chi connectivity index (χ1) is 23.1. The van der Waals surface area contributed by atoms with Crippen LogP contribution in [0, 0.1) is 44.8 Å². The fourth-order valence-corrected chi connectivity index (χ4v) is 5.62. The van der Waals surface area contributed by atoms with Crippen molar-refractivity contribution >= 4 is 23.3 Å². The lowest BCUT2D eigenvalue weighted by molar-refractivity contribution is -0.385. The summed E-state index contributed by atoms with van der Waals surface area (Å²) < 4.78 is 38.0. The van der Waals surface area contributed by atoms with E-state index in [0.29, 0.717) is 11.1 Å². The number of nitro groups is 2. The molecule has 1 aliphatic heterocycles. The molecule has 0 spiro atoms. The number of nitrogens with zero attached hydrogens (tertiary/aromatic N) is 2. The smallest absolute Gasteiger partial charge is 0.340 e. The predicted octanol–water partition coefficient (Wildman–Crippen LogP) is 6.55. The van der Waals surface area contributed by atoms with Crippen molar-refractivity contribution in [3.63, 3.8) is 0 Å². The van der Waals surface area contributed by atoms with E-state index in [4.69, 9.17) is 18.9 Å². The van der Waals surface area contributed by atoms with Gasteiger partial charge in [0.15, 0.2) is 0 Å². The van der Waals surface area contributed by atoms with Crippen LogP contribution in [0.25, 0.3) is 0 Å². The molecule has 4 atom stereocenters. The maximum Gasteiger partial charge on any atom is 0.340 e. The Labute approximate surface area is 274 Å². The van der Waals surface area contributed by atoms with E-state index in [1.54, 1.807) is 13.0 Å². The van der Waals surface area contributed by atoms with Crippen molar-refractivity contribution in [2.24, 2.45) is 11.8 Å². The minimum absolute atomic E-state index is 0.0120. The van der Waals surface area contributed by atoms with Crippen LogP contribution in [0.3, 0.4) is 0 Å². The van der Waals surface area contributed by atoms with Gasteiger partial charge in [0.25, 0.3) is 11.4 Å². The SMILES string of the molecule is Cc1cc(F)ccc1[C@H]1[C@H](OC(=O)c2ccc([N+](=O)[O-])cc2)OC[C@@H](COC(=O)c2ccc([N+](=O)[O-])cc2)[C@H]1COCc1ccccc1. The minimum Gasteiger partial charge on any atom is -0.462 e. The van der Waals surface area contributed by atoms with Crippen molar-refractivity contribution < 1.29 is 42.8 Å². The van der Waals surface area contributed by atoms with Gasteiger partial charge >= 0.3 is 11.9 Å². The summed E-state index contributed by atoms with van der Waals surface area (Å²) in [5.74, 6) is -3.61. The lowest BCUT2D eigenvalue weighted by Gasteiger charge is -2.42. The Morgan fingerprint density at radius 1 is 0.833 bits per heavy atom. The van der Waals surface area contributed by atoms with Gasteiger partial charge in [-0.2, -0.15) is 0 Å². The number of carbonyl (C=O) groups is 2. The van der Waals surface area contributed by atoms with E-state index in [9.17, 15) is 34.2 Å². The van der Waals surface area contributed by atoms with Gasteiger partial charge in [-0.05, 0) is 60.0 Å². The summed E-state index contributed by atoms with van der Waals surface area (Å²) in [6.07, 6.45) is -1.18. The van der Waals surface area contributed by atoms with E-state index in [1.165, 1.54) is 60.7 Å². The van der Waals surface area contributed by atoms with Crippen LogP contribution < -0.4 is 0 Å². The first-order valence-corrected chi connectivity index (χ1v) is 15.0. The summed E-state index contributed by atoms with van der Waals surface area (Å²) >= 11 is 0. The number of halogens is 1. The number of hydrogen-bond acceptors (Lipinski definition) is 10. The zero-order valence-corrected chi connectivity index (χ0v) is 25.7. The molecule has 1 fully saturated rings. The van der Waals surface area contributed by atoms with Gasteiger partial charge in [0.05, 0.1) is 53.3 Å². The fourth-order valence-electron chi connectivity index (χ4n) is 5.62. The van der Waals surface area contributed by atoms with E-state index < -0.39 is 51.6 Å². The number of nitro benzene ring substituents is 2. The first-order valence-electron chi connectivity index (χ1n) is 15.0. The second-order valence-electron chi connectivity index (χ2n) is 11.3. The lowest BCUT2D eigenvalue weighted by atomic mass is 9.75. The van der Waals surface area contributed by atoms with Gasteiger partial charge < -0.3 is 18.9 Å². The number of carbonyl (C=O) groups excluding carboxylic acids is 2. The highest BCUT2D eigenvalue weighted by Crippen LogP contribution is 2.42. The van der Waals surface area contributed by atoms with Crippen molar-refractivity contribution in [3.8, 4) is 0 Å². The van der Waals surface area contributed by atoms with Gasteiger partial charge in [-0.25, -0.2) is 14.0 Å². The average molecular weight is 659 g/mol. The molecular weight excluding hydrogens is 627 g/mol. The van der Waals surface area contributed by atoms with Crippen LogP contribution in [-0.4, -0.2) is 47.9 Å². The number of ether oxygens (including phenoxy) is 4. The number of hydrogen-bond donors (Lipinski definition) is 0. The lowest BCUT2D eigenvalue weighted by Crippen LogP contribution is -2.46. The highest BCUT2D eigenvalue weighted by atomic mass is 19.1. The average Bonchev–Trinajstić information content (AvgIpc) is 3.08. The maximum atomic E-state index is 14.3. The predicted molar refractivity (Wildman–Crippen MR) is 169 cm³/mol. The molecule has 5 rings (SSSR count). The van der Waals surface area contributed by atoms with Crippen LogP contribution >= 0.6 is 0 Å². The molecule has 0 N–H and O–H groups in total. The molecule has 0 amide bonds. The molecule has 0 bridgehead atoms. The normalized spacial score (nSPS) is 18.9. The Hall–Kier alpha value is -5.53. The van der Waals surface area contributed by atoms with Crippen molar-refractivity contribution in [2.75, 3.05) is 19.8 Å². The minimum atomic E-state index is -1.18. The number of non-ortho nitro benzene ring substituents is 2. The van der Waals surface area contributed by atoms with Crippen molar-refractivity contribution in [3.05, 3.63) is 151 Å². The molecule has 1 heterocycles. The van der Waals surface area contributed by atoms with Crippen molar-refractivity contribution in [1.29, 1.82) is 0 Å². The van der Waals surface area contributed by atoms with Crippen molar-refractivity contribution in [2.45, 2.75) is 25.7 Å². The van der Waals surface area contributed by atoms with E-state index in [-0.39, 0.29) is 48.9 Å². The Bertz CT molecular complexity index is 1770. The van der Waals surface area contributed by atoms with E-state index in [0.717, 1.165) is 5.56 Å². The van der Waals surface area contributed by atoms with Crippen LogP contribution in [0.15, 0.2) is 97.1 Å². The third-order valence-corrected chi connectivity index (χ3v) is 8.13. The largest absolute Gasteiger partial charge is 0.462 e. The van der Waals surface area contributed by atoms with E-state index in [2.05, 4.69) is 0 Å². The second kappa shape index (κ2) is 15.4. The summed E-state index contributed by atoms with van der Waals surface area (Å²) in [4.78, 5) is 47.1. The number of rotatable bonds is 12. The summed E-state index contributed by atoms with van der Waals surface area (Å²) in [7, 11) is 0. The standard InChI is InChI=1S/C35H31FN2O10/c1-22-17-27(36)11-16-30(22)32-31(21-45-18-23-5-3-2-4-6-23)26(19-46-33(39)24-7-12-28(13-8-24)37(41)42)20-47-35(32)48-34(40)25-9-14-29(15-10-25)38(43)44/h2-17,26,31-32,35H,18-21H2,1H3/t26-,31-,32-,35+/m1/s1. The molecule has 1 saturated heterocycles. The second-order valence-corrected chi connectivity index (χ2v) is 11.3. The molecule has 0 saturated carbocycles. The molecule has 0 aromatic heterocycles. The van der Waals surface area contributed by atoms with Gasteiger partial charge in [-0.1, -0.05) is 36.4 Å². The Kier molecular flexibility index (Phi) is 10.8. The zero-order valence-electron chi connectivity index (χ0n) is 25.7. The van der Waals surface area contributed by atoms with Gasteiger partial charge in [0.2, 0.25) is 6.29 Å². The van der Waals surface area contributed by atoms with E-state index >= 15 is 0 Å². The molecule has 4 aromatic rings. The number of aryl methyl sites for hydroxylation is 1. The molecule has 4 aromatic carbocycles. The molecule has 13 heteroatoms. The molecule has 1 aliphatic rings. The molecule has 248 valence electrons. The summed E-state index contributed by atoms with van der Waals surface area (Å²) in [5, 5.41) is 22.1. The number of benzene rings is 4. The first kappa shape index (κ1) is 33.8. The fraction of sp³-hybridized carbons (Fsp3) is 0.257. The third kappa shape index (κ3) is 8.24. The Morgan fingerprint density at radius 3 is 2.02 bits per heavy atom. The molecule has 12 nitrogen and oxygen atoms in total. The van der Waals surface area contributed by atoms with Crippen LogP contribution in [-0.2, 0) is 25.6 Å². The van der Waals surface area contributed by atoms with Crippen LogP contribution in [0.4, 0.5) is 15.8 Å². The molecule has 0 radical (unpaired) electrons. The van der Waals surface area contributed by atoms with Gasteiger partial charge in [-0.15, -0.1) is 0 Å². The zero-order chi connectivity index (χ0) is 34.2. The van der Waals surface area contributed by atoms with E-state index in [1.807, 2.05) is 30.3 Å². The quantitative estimate of drug-likeness (QED) is 0.0928. The highest BCUT2D eigenvalue weighted by molar-refractivity contribution is 5.90. The summed E-state index contributed by atoms with van der Waals surface area (Å²) in [6.45, 7) is 1.95. The number of esters is 2. The molecule has 0 aliphatic carbocycles. The van der Waals surface area contributed by atoms with Crippen molar-refractivity contribution in [1.82, 2.24) is 0 Å². The Balaban J connectivity index is 1.42. The summed E-state index contributed by atoms with van der Waals surface area (Å²) in [5.41, 5.74) is 1.93. The highest BCUT2D eigenvalue weighted by Gasteiger charge is 2.44. The van der Waals surface area contributed by atoms with Gasteiger partial charge in [0, 0.05) is 36.1 Å². The monoisotopic (exact) mass is 658 g/mol. The van der Waals surface area contributed by atoms with Gasteiger partial charge in [0.1, 0.15) is 5.82 Å². The molecular formula is C35H31FN2O10. The van der Waals surface area contributed by atoms with Gasteiger partial charge in [-0.3, -0.25) is 20.2 Å². The maximum absolute atomic E-state index is 14.3. The van der Waals surface area contributed by atoms with Crippen LogP contribution in [0.2, 0.25) is 0 Å². The third-order valence-electron chi connectivity index (χ3n) is 8.13. The summed E-state index contributed by atoms with van der Waals surface area (Å²) in [6, 6.07) is 23.6. The van der Waals surface area contributed by atoms with Crippen LogP contribution in [0.1, 0.15) is 43.3 Å². The van der Waals surface area contributed by atoms with Crippen LogP contribution in [0.5, 0.6) is 0 Å². The Morgan fingerprint density at radius 2 is 1.44 bits per heavy atom. The topological polar surface area (TPSA) is 157 Å².